The molecular formula is C29H34O5S2. The third kappa shape index (κ3) is 7.45. The Bertz CT molecular complexity index is 1160. The molecule has 3 rings (SSSR count). The van der Waals surface area contributed by atoms with Gasteiger partial charge in [0, 0.05) is 28.6 Å². The third-order valence-corrected chi connectivity index (χ3v) is 8.50. The van der Waals surface area contributed by atoms with Gasteiger partial charge in [-0.05, 0) is 81.6 Å². The fraction of sp³-hybridized carbons (Fsp3) is 0.345. The highest BCUT2D eigenvalue weighted by atomic mass is 32.2. The van der Waals surface area contributed by atoms with Crippen LogP contribution >= 0.6 is 11.8 Å². The van der Waals surface area contributed by atoms with E-state index in [-0.39, 0.29) is 6.10 Å². The smallest absolute Gasteiger partial charge is 0.319 e. The van der Waals surface area contributed by atoms with E-state index < -0.39 is 21.9 Å². The quantitative estimate of drug-likeness (QED) is 0.204. The molecule has 0 amide bonds. The van der Waals surface area contributed by atoms with E-state index in [1.54, 1.807) is 13.8 Å². The highest BCUT2D eigenvalue weighted by molar-refractivity contribution is 8.01. The van der Waals surface area contributed by atoms with E-state index in [4.69, 9.17) is 9.47 Å². The summed E-state index contributed by atoms with van der Waals surface area (Å²) in [6.45, 7) is 9.85. The standard InChI is InChI=1S/C29H34O5S2/c1-6-22-12-14-25(27(19-22)36(32)24-10-8-7-9-11-24)34-21(3)16-17-33-23-13-15-26(20(2)18-23)35-29(4,5)28(30)31/h7-15,18-19,21H,6,16-17H2,1-5H3,(H,30,31)/t21-,36+/m0/s1. The molecule has 3 aromatic rings. The zero-order valence-electron chi connectivity index (χ0n) is 21.4. The molecule has 0 saturated heterocycles. The largest absolute Gasteiger partial charge is 0.606 e. The maximum Gasteiger partial charge on any atom is 0.319 e. The van der Waals surface area contributed by atoms with Crippen molar-refractivity contribution >= 4 is 28.9 Å². The van der Waals surface area contributed by atoms with Crippen molar-refractivity contribution < 1.29 is 23.9 Å². The van der Waals surface area contributed by atoms with Crippen LogP contribution in [0.5, 0.6) is 11.5 Å². The van der Waals surface area contributed by atoms with Crippen molar-refractivity contribution in [2.24, 2.45) is 0 Å². The summed E-state index contributed by atoms with van der Waals surface area (Å²) >= 11 is -0.00875. The number of aliphatic carboxylic acids is 1. The topological polar surface area (TPSA) is 78.8 Å². The fourth-order valence-corrected chi connectivity index (χ4v) is 5.66. The molecule has 2 atom stereocenters. The first-order valence-corrected chi connectivity index (χ1v) is 14.0. The van der Waals surface area contributed by atoms with Crippen LogP contribution in [0.25, 0.3) is 0 Å². The minimum atomic E-state index is -1.33. The monoisotopic (exact) mass is 526 g/mol. The van der Waals surface area contributed by atoms with Gasteiger partial charge in [0.2, 0.25) is 4.90 Å². The normalized spacial score (nSPS) is 13.2. The Morgan fingerprint density at radius 1 is 1.11 bits per heavy atom. The van der Waals surface area contributed by atoms with Crippen molar-refractivity contribution in [3.05, 3.63) is 77.9 Å². The summed E-state index contributed by atoms with van der Waals surface area (Å²) in [6.07, 6.45) is 1.36. The van der Waals surface area contributed by atoms with Gasteiger partial charge in [-0.2, -0.15) is 0 Å². The minimum absolute atomic E-state index is 0.142. The number of hydrogen-bond donors (Lipinski definition) is 1. The Morgan fingerprint density at radius 2 is 1.83 bits per heavy atom. The van der Waals surface area contributed by atoms with Crippen LogP contribution in [0.2, 0.25) is 0 Å². The maximum absolute atomic E-state index is 13.3. The van der Waals surface area contributed by atoms with Gasteiger partial charge in [0.15, 0.2) is 10.6 Å². The minimum Gasteiger partial charge on any atom is -0.606 e. The first-order chi connectivity index (χ1) is 17.1. The van der Waals surface area contributed by atoms with E-state index in [9.17, 15) is 14.5 Å². The van der Waals surface area contributed by atoms with E-state index in [0.717, 1.165) is 33.1 Å². The van der Waals surface area contributed by atoms with Crippen LogP contribution in [-0.4, -0.2) is 33.1 Å². The van der Waals surface area contributed by atoms with E-state index in [1.807, 2.05) is 80.6 Å². The average molecular weight is 527 g/mol. The van der Waals surface area contributed by atoms with Crippen LogP contribution in [0.15, 0.2) is 81.4 Å². The van der Waals surface area contributed by atoms with Gasteiger partial charge in [-0.15, -0.1) is 11.8 Å². The van der Waals surface area contributed by atoms with E-state index in [2.05, 4.69) is 6.92 Å². The lowest BCUT2D eigenvalue weighted by Gasteiger charge is -2.20. The number of carboxylic acids is 1. The van der Waals surface area contributed by atoms with E-state index in [0.29, 0.717) is 23.7 Å². The molecule has 0 aromatic heterocycles. The Hall–Kier alpha value is -2.61. The van der Waals surface area contributed by atoms with Crippen LogP contribution in [0.1, 0.15) is 45.2 Å². The molecule has 5 nitrogen and oxygen atoms in total. The summed E-state index contributed by atoms with van der Waals surface area (Å²) in [4.78, 5) is 13.8. The van der Waals surface area contributed by atoms with Crippen LogP contribution in [-0.2, 0) is 22.4 Å². The molecule has 3 aromatic carbocycles. The second-order valence-electron chi connectivity index (χ2n) is 9.13. The Labute approximate surface area is 221 Å². The van der Waals surface area contributed by atoms with Crippen molar-refractivity contribution in [3.8, 4) is 11.5 Å². The van der Waals surface area contributed by atoms with Gasteiger partial charge < -0.3 is 19.1 Å². The summed E-state index contributed by atoms with van der Waals surface area (Å²) in [6, 6.07) is 21.0. The molecule has 0 unspecified atom stereocenters. The Balaban J connectivity index is 1.61. The molecule has 36 heavy (non-hydrogen) atoms. The molecule has 0 aliphatic carbocycles. The Morgan fingerprint density at radius 3 is 2.47 bits per heavy atom. The van der Waals surface area contributed by atoms with Gasteiger partial charge in [-0.1, -0.05) is 31.2 Å². The lowest BCUT2D eigenvalue weighted by atomic mass is 10.1. The van der Waals surface area contributed by atoms with Crippen molar-refractivity contribution in [2.75, 3.05) is 6.61 Å². The zero-order valence-corrected chi connectivity index (χ0v) is 23.1. The number of benzene rings is 3. The number of thioether (sulfide) groups is 1. The average Bonchev–Trinajstić information content (AvgIpc) is 2.86. The molecule has 7 heteroatoms. The fourth-order valence-electron chi connectivity index (χ4n) is 3.45. The zero-order chi connectivity index (χ0) is 26.3. The molecule has 0 aliphatic rings. The van der Waals surface area contributed by atoms with Crippen LogP contribution in [0, 0.1) is 6.92 Å². The van der Waals surface area contributed by atoms with Gasteiger partial charge in [-0.25, -0.2) is 0 Å². The van der Waals surface area contributed by atoms with Crippen LogP contribution in [0.3, 0.4) is 0 Å². The molecule has 0 aliphatic heterocycles. The second-order valence-corrected chi connectivity index (χ2v) is 12.2. The molecule has 0 saturated carbocycles. The number of ether oxygens (including phenoxy) is 2. The molecular weight excluding hydrogens is 492 g/mol. The molecule has 1 N–H and O–H groups in total. The summed E-state index contributed by atoms with van der Waals surface area (Å²) in [5.74, 6) is 0.511. The molecule has 0 spiro atoms. The molecule has 0 bridgehead atoms. The molecule has 0 heterocycles. The molecule has 0 fully saturated rings. The van der Waals surface area contributed by atoms with Crippen LogP contribution < -0.4 is 9.47 Å². The summed E-state index contributed by atoms with van der Waals surface area (Å²) in [5.41, 5.74) is 2.08. The SMILES string of the molecule is CCc1ccc(O[C@@H](C)CCOc2ccc(SC(C)(C)C(=O)O)c(C)c2)c([S@+]([O-])c2ccccc2)c1. The highest BCUT2D eigenvalue weighted by Crippen LogP contribution is 2.36. The van der Waals surface area contributed by atoms with Gasteiger partial charge in [-0.3, -0.25) is 4.79 Å². The Kier molecular flexibility index (Phi) is 9.77. The lowest BCUT2D eigenvalue weighted by molar-refractivity contribution is -0.138. The molecule has 0 radical (unpaired) electrons. The van der Waals surface area contributed by atoms with Crippen molar-refractivity contribution in [3.63, 3.8) is 0 Å². The van der Waals surface area contributed by atoms with Crippen molar-refractivity contribution in [2.45, 2.75) is 73.0 Å². The third-order valence-electron chi connectivity index (χ3n) is 5.72. The first-order valence-electron chi connectivity index (χ1n) is 12.0. The maximum atomic E-state index is 13.3. The number of aryl methyl sites for hydroxylation is 2. The summed E-state index contributed by atoms with van der Waals surface area (Å²) < 4.78 is 24.5. The van der Waals surface area contributed by atoms with E-state index >= 15 is 0 Å². The van der Waals surface area contributed by atoms with E-state index in [1.165, 1.54) is 11.8 Å². The van der Waals surface area contributed by atoms with Gasteiger partial charge in [0.25, 0.3) is 0 Å². The van der Waals surface area contributed by atoms with Gasteiger partial charge >= 0.3 is 5.97 Å². The first kappa shape index (κ1) is 28.0. The number of rotatable bonds is 12. The lowest BCUT2D eigenvalue weighted by Crippen LogP contribution is -2.27. The predicted molar refractivity (Wildman–Crippen MR) is 146 cm³/mol. The number of carbonyl (C=O) groups is 1. The number of hydrogen-bond acceptors (Lipinski definition) is 5. The predicted octanol–water partition coefficient (Wildman–Crippen LogP) is 6.92. The summed E-state index contributed by atoms with van der Waals surface area (Å²) in [7, 11) is 0. The van der Waals surface area contributed by atoms with Gasteiger partial charge in [0.05, 0.1) is 12.7 Å². The highest BCUT2D eigenvalue weighted by Gasteiger charge is 2.29. The summed E-state index contributed by atoms with van der Waals surface area (Å²) in [5, 5.41) is 9.38. The second kappa shape index (κ2) is 12.6. The van der Waals surface area contributed by atoms with Crippen LogP contribution in [0.4, 0.5) is 0 Å². The van der Waals surface area contributed by atoms with Gasteiger partial charge in [0.1, 0.15) is 10.5 Å². The van der Waals surface area contributed by atoms with Crippen molar-refractivity contribution in [1.29, 1.82) is 0 Å². The number of carboxylic acid groups (broad SMARTS) is 1. The van der Waals surface area contributed by atoms with Crippen molar-refractivity contribution in [1.82, 2.24) is 0 Å². The molecule has 192 valence electrons.